The fourth-order valence-electron chi connectivity index (χ4n) is 3.21. The first kappa shape index (κ1) is 14.1. The summed E-state index contributed by atoms with van der Waals surface area (Å²) in [6, 6.07) is 12.7. The minimum Gasteiger partial charge on any atom is -0.387 e. The monoisotopic (exact) mass is 307 g/mol. The third kappa shape index (κ3) is 2.63. The van der Waals surface area contributed by atoms with Gasteiger partial charge in [0, 0.05) is 20.1 Å². The van der Waals surface area contributed by atoms with Crippen LogP contribution >= 0.6 is 0 Å². The highest BCUT2D eigenvalue weighted by atomic mass is 15.3. The Hall–Kier alpha value is -2.56. The Balaban J connectivity index is 1.84. The number of pyridine rings is 1. The number of anilines is 2. The van der Waals surface area contributed by atoms with E-state index in [2.05, 4.69) is 56.2 Å². The molecule has 4 rings (SSSR count). The predicted octanol–water partition coefficient (Wildman–Crippen LogP) is 3.12. The van der Waals surface area contributed by atoms with Crippen LogP contribution in [0, 0.1) is 0 Å². The highest BCUT2D eigenvalue weighted by molar-refractivity contribution is 5.78. The van der Waals surface area contributed by atoms with Gasteiger partial charge in [0.1, 0.15) is 0 Å². The molecule has 1 aromatic carbocycles. The second kappa shape index (κ2) is 5.91. The van der Waals surface area contributed by atoms with Crippen molar-refractivity contribution in [1.82, 2.24) is 14.5 Å². The van der Waals surface area contributed by atoms with Crippen molar-refractivity contribution < 1.29 is 0 Å². The van der Waals surface area contributed by atoms with Crippen LogP contribution in [0.4, 0.5) is 11.6 Å². The van der Waals surface area contributed by atoms with Crippen molar-refractivity contribution in [3.05, 3.63) is 48.2 Å². The Kier molecular flexibility index (Phi) is 3.61. The molecule has 0 saturated carbocycles. The van der Waals surface area contributed by atoms with Crippen molar-refractivity contribution in [2.24, 2.45) is 0 Å². The van der Waals surface area contributed by atoms with Crippen LogP contribution in [0.1, 0.15) is 18.4 Å². The number of rotatable bonds is 4. The normalized spacial score (nSPS) is 14.6. The molecule has 118 valence electrons. The zero-order valence-electron chi connectivity index (χ0n) is 13.4. The Bertz CT molecular complexity index is 803. The van der Waals surface area contributed by atoms with Gasteiger partial charge in [0.05, 0.1) is 23.9 Å². The molecule has 0 amide bonds. The molecule has 1 fully saturated rings. The van der Waals surface area contributed by atoms with Gasteiger partial charge in [-0.05, 0) is 24.5 Å². The van der Waals surface area contributed by atoms with Gasteiger partial charge in [-0.2, -0.15) is 4.98 Å². The van der Waals surface area contributed by atoms with E-state index in [1.54, 1.807) is 0 Å². The first-order valence-corrected chi connectivity index (χ1v) is 8.18. The van der Waals surface area contributed by atoms with Gasteiger partial charge in [-0.3, -0.25) is 0 Å². The standard InChI is InChI=1S/C18H21N5/c1-19-15-11-16-17(20-12-15)21-18(22-9-5-6-10-22)23(16)13-14-7-3-2-4-8-14/h2-4,7-8,11-12,19H,5-6,9-10,13H2,1H3. The minimum atomic E-state index is 0.817. The average Bonchev–Trinajstić information content (AvgIpc) is 3.23. The maximum atomic E-state index is 4.82. The fraction of sp³-hybridized carbons (Fsp3) is 0.333. The number of hydrogen-bond acceptors (Lipinski definition) is 4. The number of nitrogens with one attached hydrogen (secondary N) is 1. The molecule has 0 radical (unpaired) electrons. The van der Waals surface area contributed by atoms with Crippen LogP contribution in [0.15, 0.2) is 42.6 Å². The van der Waals surface area contributed by atoms with E-state index in [1.165, 1.54) is 18.4 Å². The second-order valence-corrected chi connectivity index (χ2v) is 5.99. The highest BCUT2D eigenvalue weighted by Crippen LogP contribution is 2.27. The van der Waals surface area contributed by atoms with Gasteiger partial charge in [-0.25, -0.2) is 4.98 Å². The summed E-state index contributed by atoms with van der Waals surface area (Å²) >= 11 is 0. The van der Waals surface area contributed by atoms with Gasteiger partial charge in [-0.15, -0.1) is 0 Å². The van der Waals surface area contributed by atoms with Crippen molar-refractivity contribution in [3.8, 4) is 0 Å². The first-order valence-electron chi connectivity index (χ1n) is 8.18. The molecule has 0 aliphatic carbocycles. The van der Waals surface area contributed by atoms with E-state index in [9.17, 15) is 0 Å². The van der Waals surface area contributed by atoms with Crippen LogP contribution in [-0.2, 0) is 6.54 Å². The summed E-state index contributed by atoms with van der Waals surface area (Å²) < 4.78 is 2.30. The lowest BCUT2D eigenvalue weighted by molar-refractivity contribution is 0.776. The maximum Gasteiger partial charge on any atom is 0.208 e. The predicted molar refractivity (Wildman–Crippen MR) is 94.1 cm³/mol. The van der Waals surface area contributed by atoms with Crippen molar-refractivity contribution in [3.63, 3.8) is 0 Å². The van der Waals surface area contributed by atoms with Crippen molar-refractivity contribution >= 4 is 22.8 Å². The molecule has 1 saturated heterocycles. The molecule has 5 nitrogen and oxygen atoms in total. The molecule has 2 aromatic heterocycles. The zero-order valence-corrected chi connectivity index (χ0v) is 13.4. The SMILES string of the molecule is CNc1cnc2nc(N3CCCC3)n(Cc3ccccc3)c2c1. The Morgan fingerprint density at radius 3 is 2.65 bits per heavy atom. The van der Waals surface area contributed by atoms with E-state index >= 15 is 0 Å². The molecule has 0 spiro atoms. The van der Waals surface area contributed by atoms with Crippen molar-refractivity contribution in [2.45, 2.75) is 19.4 Å². The summed E-state index contributed by atoms with van der Waals surface area (Å²) in [6.45, 7) is 2.98. The lowest BCUT2D eigenvalue weighted by atomic mass is 10.2. The van der Waals surface area contributed by atoms with E-state index in [-0.39, 0.29) is 0 Å². The molecule has 0 atom stereocenters. The van der Waals surface area contributed by atoms with E-state index in [0.717, 1.165) is 42.4 Å². The van der Waals surface area contributed by atoms with Gasteiger partial charge in [-0.1, -0.05) is 30.3 Å². The van der Waals surface area contributed by atoms with E-state index in [0.29, 0.717) is 0 Å². The van der Waals surface area contributed by atoms with Gasteiger partial charge >= 0.3 is 0 Å². The number of fused-ring (bicyclic) bond motifs is 1. The highest BCUT2D eigenvalue weighted by Gasteiger charge is 2.21. The lowest BCUT2D eigenvalue weighted by Gasteiger charge is -2.18. The van der Waals surface area contributed by atoms with Gasteiger partial charge in [0.25, 0.3) is 0 Å². The molecule has 23 heavy (non-hydrogen) atoms. The largest absolute Gasteiger partial charge is 0.387 e. The van der Waals surface area contributed by atoms with E-state index < -0.39 is 0 Å². The third-order valence-electron chi connectivity index (χ3n) is 4.45. The third-order valence-corrected chi connectivity index (χ3v) is 4.45. The number of nitrogens with zero attached hydrogens (tertiary/aromatic N) is 4. The first-order chi connectivity index (χ1) is 11.3. The summed E-state index contributed by atoms with van der Waals surface area (Å²) in [5.74, 6) is 1.04. The smallest absolute Gasteiger partial charge is 0.208 e. The van der Waals surface area contributed by atoms with Crippen molar-refractivity contribution in [2.75, 3.05) is 30.4 Å². The Morgan fingerprint density at radius 1 is 1.13 bits per heavy atom. The molecule has 0 unspecified atom stereocenters. The average molecular weight is 307 g/mol. The van der Waals surface area contributed by atoms with Crippen LogP contribution in [0.2, 0.25) is 0 Å². The number of imidazole rings is 1. The lowest BCUT2D eigenvalue weighted by Crippen LogP contribution is -2.22. The molecule has 1 N–H and O–H groups in total. The molecule has 0 bridgehead atoms. The number of benzene rings is 1. The van der Waals surface area contributed by atoms with Crippen LogP contribution in [-0.4, -0.2) is 34.7 Å². The van der Waals surface area contributed by atoms with Gasteiger partial charge < -0.3 is 14.8 Å². The summed E-state index contributed by atoms with van der Waals surface area (Å²) in [4.78, 5) is 11.7. The van der Waals surface area contributed by atoms with E-state index in [4.69, 9.17) is 4.98 Å². The second-order valence-electron chi connectivity index (χ2n) is 5.99. The molecular formula is C18H21N5. The van der Waals surface area contributed by atoms with Crippen molar-refractivity contribution in [1.29, 1.82) is 0 Å². The topological polar surface area (TPSA) is 46.0 Å². The molecule has 3 heterocycles. The Morgan fingerprint density at radius 2 is 1.91 bits per heavy atom. The Labute approximate surface area is 136 Å². The number of aromatic nitrogens is 3. The minimum absolute atomic E-state index is 0.817. The van der Waals surface area contributed by atoms with E-state index in [1.807, 2.05) is 13.2 Å². The molecule has 3 aromatic rings. The molecule has 1 aliphatic heterocycles. The van der Waals surface area contributed by atoms with Crippen LogP contribution in [0.25, 0.3) is 11.2 Å². The molecule has 1 aliphatic rings. The summed E-state index contributed by atoms with van der Waals surface area (Å²) in [5, 5.41) is 3.17. The quantitative estimate of drug-likeness (QED) is 0.804. The zero-order chi connectivity index (χ0) is 15.6. The summed E-state index contributed by atoms with van der Waals surface area (Å²) in [7, 11) is 1.92. The van der Waals surface area contributed by atoms with Gasteiger partial charge in [0.2, 0.25) is 5.95 Å². The summed E-state index contributed by atoms with van der Waals surface area (Å²) in [6.07, 6.45) is 4.32. The molecular weight excluding hydrogens is 286 g/mol. The van der Waals surface area contributed by atoms with Gasteiger partial charge in [0.15, 0.2) is 5.65 Å². The van der Waals surface area contributed by atoms with Crippen LogP contribution < -0.4 is 10.2 Å². The maximum absolute atomic E-state index is 4.82. The fourth-order valence-corrected chi connectivity index (χ4v) is 3.21. The van der Waals surface area contributed by atoms with Crippen LogP contribution in [0.5, 0.6) is 0 Å². The summed E-state index contributed by atoms with van der Waals surface area (Å²) in [5.41, 5.74) is 4.20. The van der Waals surface area contributed by atoms with Crippen LogP contribution in [0.3, 0.4) is 0 Å². The molecule has 5 heteroatoms. The number of hydrogen-bond donors (Lipinski definition) is 1.